The Balaban J connectivity index is 1.48. The molecule has 0 unspecified atom stereocenters. The molecule has 1 aromatic heterocycles. The second-order valence-corrected chi connectivity index (χ2v) is 6.97. The number of rotatable bonds is 7. The van der Waals surface area contributed by atoms with Crippen molar-refractivity contribution >= 4 is 23.5 Å². The number of hydrogen-bond acceptors (Lipinski definition) is 5. The highest BCUT2D eigenvalue weighted by Crippen LogP contribution is 2.17. The molecule has 0 aliphatic rings. The highest BCUT2D eigenvalue weighted by atomic mass is 35.5. The molecule has 0 bridgehead atoms. The fourth-order valence-electron chi connectivity index (χ4n) is 2.90. The van der Waals surface area contributed by atoms with Crippen molar-refractivity contribution in [3.8, 4) is 11.4 Å². The van der Waals surface area contributed by atoms with Crippen molar-refractivity contribution in [1.82, 2.24) is 9.78 Å². The largest absolute Gasteiger partial charge is 0.489 e. The molecule has 0 fully saturated rings. The molecule has 0 aliphatic heterocycles. The van der Waals surface area contributed by atoms with Crippen molar-refractivity contribution in [3.63, 3.8) is 0 Å². The number of aromatic nitrogens is 2. The maximum Gasteiger partial charge on any atom is 0.292 e. The van der Waals surface area contributed by atoms with E-state index in [4.69, 9.17) is 16.3 Å². The van der Waals surface area contributed by atoms with E-state index >= 15 is 0 Å². The van der Waals surface area contributed by atoms with Crippen molar-refractivity contribution < 1.29 is 4.74 Å². The summed E-state index contributed by atoms with van der Waals surface area (Å²) < 4.78 is 7.07. The van der Waals surface area contributed by atoms with Gasteiger partial charge in [0.05, 0.1) is 18.1 Å². The Labute approximate surface area is 184 Å². The molecule has 4 aromatic rings. The van der Waals surface area contributed by atoms with Crippen molar-refractivity contribution in [1.29, 1.82) is 0 Å². The summed E-state index contributed by atoms with van der Waals surface area (Å²) in [4.78, 5) is 12.6. The summed E-state index contributed by atoms with van der Waals surface area (Å²) in [6.07, 6.45) is 3.13. The van der Waals surface area contributed by atoms with Crippen LogP contribution in [0.1, 0.15) is 11.1 Å². The van der Waals surface area contributed by atoms with E-state index in [0.29, 0.717) is 18.0 Å². The zero-order valence-corrected chi connectivity index (χ0v) is 17.2. The van der Waals surface area contributed by atoms with Crippen LogP contribution in [0.5, 0.6) is 5.75 Å². The van der Waals surface area contributed by atoms with Gasteiger partial charge in [-0.05, 0) is 29.8 Å². The number of benzene rings is 3. The van der Waals surface area contributed by atoms with Crippen LogP contribution in [0.15, 0.2) is 101 Å². The summed E-state index contributed by atoms with van der Waals surface area (Å²) in [5.74, 6) is 0.796. The van der Waals surface area contributed by atoms with Gasteiger partial charge in [-0.1, -0.05) is 72.3 Å². The summed E-state index contributed by atoms with van der Waals surface area (Å²) >= 11 is 6.25. The van der Waals surface area contributed by atoms with E-state index in [0.717, 1.165) is 16.9 Å². The van der Waals surface area contributed by atoms with Gasteiger partial charge < -0.3 is 4.74 Å². The Morgan fingerprint density at radius 1 is 0.968 bits per heavy atom. The van der Waals surface area contributed by atoms with Crippen LogP contribution in [0, 0.1) is 0 Å². The standard InChI is InChI=1S/C24H19ClN4O2/c25-23-22(16-27-29(24(23)30)20-11-3-1-4-12-20)28-26-15-18-9-7-8-10-19(18)17-31-21-13-5-2-6-14-21/h1-16,28H,17H2/b26-15-. The molecule has 0 atom stereocenters. The van der Waals surface area contributed by atoms with Gasteiger partial charge in [-0.15, -0.1) is 0 Å². The molecule has 1 N–H and O–H groups in total. The van der Waals surface area contributed by atoms with Gasteiger partial charge in [-0.25, -0.2) is 0 Å². The first kappa shape index (κ1) is 20.4. The maximum atomic E-state index is 12.6. The minimum Gasteiger partial charge on any atom is -0.489 e. The number of anilines is 1. The Hall–Kier alpha value is -3.90. The third-order valence-electron chi connectivity index (χ3n) is 4.50. The molecule has 0 saturated heterocycles. The first-order valence-corrected chi connectivity index (χ1v) is 9.98. The van der Waals surface area contributed by atoms with Crippen molar-refractivity contribution in [2.45, 2.75) is 6.61 Å². The van der Waals surface area contributed by atoms with Crippen molar-refractivity contribution in [3.05, 3.63) is 118 Å². The van der Waals surface area contributed by atoms with Crippen LogP contribution in [0.2, 0.25) is 5.02 Å². The lowest BCUT2D eigenvalue weighted by Crippen LogP contribution is -2.22. The summed E-state index contributed by atoms with van der Waals surface area (Å²) in [6, 6.07) is 26.5. The Morgan fingerprint density at radius 2 is 1.65 bits per heavy atom. The quantitative estimate of drug-likeness (QED) is 0.334. The van der Waals surface area contributed by atoms with E-state index in [9.17, 15) is 4.79 Å². The Kier molecular flexibility index (Phi) is 6.40. The average Bonchev–Trinajstić information content (AvgIpc) is 2.82. The summed E-state index contributed by atoms with van der Waals surface area (Å²) in [7, 11) is 0. The fraction of sp³-hybridized carbons (Fsp3) is 0.0417. The van der Waals surface area contributed by atoms with Gasteiger partial charge in [0.15, 0.2) is 0 Å². The third kappa shape index (κ3) is 4.99. The molecular weight excluding hydrogens is 412 g/mol. The van der Waals surface area contributed by atoms with Gasteiger partial charge in [-0.2, -0.15) is 14.9 Å². The van der Waals surface area contributed by atoms with Crippen molar-refractivity contribution in [2.24, 2.45) is 5.10 Å². The van der Waals surface area contributed by atoms with Crippen LogP contribution >= 0.6 is 11.6 Å². The summed E-state index contributed by atoms with van der Waals surface area (Å²) in [6.45, 7) is 0.404. The lowest BCUT2D eigenvalue weighted by Gasteiger charge is -2.09. The molecule has 3 aromatic carbocycles. The second-order valence-electron chi connectivity index (χ2n) is 6.60. The molecule has 0 spiro atoms. The minimum absolute atomic E-state index is 0.0108. The predicted molar refractivity (Wildman–Crippen MR) is 123 cm³/mol. The van der Waals surface area contributed by atoms with Gasteiger partial charge in [0.2, 0.25) is 0 Å². The number of para-hydroxylation sites is 2. The van der Waals surface area contributed by atoms with Crippen LogP contribution in [-0.4, -0.2) is 16.0 Å². The van der Waals surface area contributed by atoms with Crippen LogP contribution in [0.3, 0.4) is 0 Å². The number of nitrogens with zero attached hydrogens (tertiary/aromatic N) is 3. The van der Waals surface area contributed by atoms with Crippen LogP contribution in [0.4, 0.5) is 5.69 Å². The average molecular weight is 431 g/mol. The summed E-state index contributed by atoms with van der Waals surface area (Å²) in [5.41, 5.74) is 5.19. The van der Waals surface area contributed by atoms with Crippen LogP contribution in [0.25, 0.3) is 5.69 Å². The van der Waals surface area contributed by atoms with Gasteiger partial charge in [0.1, 0.15) is 23.1 Å². The monoisotopic (exact) mass is 430 g/mol. The van der Waals surface area contributed by atoms with Gasteiger partial charge in [-0.3, -0.25) is 10.2 Å². The van der Waals surface area contributed by atoms with E-state index < -0.39 is 5.56 Å². The number of nitrogens with one attached hydrogen (secondary N) is 1. The molecule has 7 heteroatoms. The molecule has 0 saturated carbocycles. The van der Waals surface area contributed by atoms with E-state index in [1.54, 1.807) is 18.3 Å². The topological polar surface area (TPSA) is 68.5 Å². The smallest absolute Gasteiger partial charge is 0.292 e. The lowest BCUT2D eigenvalue weighted by atomic mass is 10.1. The molecule has 154 valence electrons. The number of hydrazone groups is 1. The molecule has 31 heavy (non-hydrogen) atoms. The molecule has 0 aliphatic carbocycles. The van der Waals surface area contributed by atoms with E-state index in [-0.39, 0.29) is 5.02 Å². The fourth-order valence-corrected chi connectivity index (χ4v) is 3.08. The SMILES string of the molecule is O=c1c(Cl)c(N/N=C\c2ccccc2COc2ccccc2)cnn1-c1ccccc1. The minimum atomic E-state index is -0.426. The zero-order chi connectivity index (χ0) is 21.5. The van der Waals surface area contributed by atoms with Gasteiger partial charge in [0, 0.05) is 5.56 Å². The molecule has 1 heterocycles. The summed E-state index contributed by atoms with van der Waals surface area (Å²) in [5, 5.41) is 8.42. The normalized spacial score (nSPS) is 10.9. The number of hydrogen-bond donors (Lipinski definition) is 1. The molecule has 4 rings (SSSR count). The molecular formula is C24H19ClN4O2. The third-order valence-corrected chi connectivity index (χ3v) is 4.87. The number of halogens is 1. The van der Waals surface area contributed by atoms with Crippen LogP contribution in [-0.2, 0) is 6.61 Å². The first-order valence-electron chi connectivity index (χ1n) is 9.60. The Morgan fingerprint density at radius 3 is 2.42 bits per heavy atom. The van der Waals surface area contributed by atoms with E-state index in [1.165, 1.54) is 10.9 Å². The number of ether oxygens (including phenoxy) is 1. The lowest BCUT2D eigenvalue weighted by molar-refractivity contribution is 0.306. The highest BCUT2D eigenvalue weighted by molar-refractivity contribution is 6.32. The van der Waals surface area contributed by atoms with Gasteiger partial charge >= 0.3 is 0 Å². The second kappa shape index (κ2) is 9.73. The van der Waals surface area contributed by atoms with E-state index in [2.05, 4.69) is 15.6 Å². The molecule has 0 amide bonds. The molecule has 6 nitrogen and oxygen atoms in total. The highest BCUT2D eigenvalue weighted by Gasteiger charge is 2.10. The van der Waals surface area contributed by atoms with E-state index in [1.807, 2.05) is 72.8 Å². The first-order chi connectivity index (χ1) is 15.2. The predicted octanol–water partition coefficient (Wildman–Crippen LogP) is 4.91. The zero-order valence-electron chi connectivity index (χ0n) is 16.5. The van der Waals surface area contributed by atoms with Gasteiger partial charge in [0.25, 0.3) is 5.56 Å². The van der Waals surface area contributed by atoms with Crippen molar-refractivity contribution in [2.75, 3.05) is 5.43 Å². The Bertz CT molecular complexity index is 1240. The molecule has 0 radical (unpaired) electrons. The maximum absolute atomic E-state index is 12.6. The van der Waals surface area contributed by atoms with Crippen LogP contribution < -0.4 is 15.7 Å².